The summed E-state index contributed by atoms with van der Waals surface area (Å²) in [5.41, 5.74) is 1.46. The zero-order valence-electron chi connectivity index (χ0n) is 17.8. The van der Waals surface area contributed by atoms with E-state index in [1.54, 1.807) is 0 Å². The van der Waals surface area contributed by atoms with Gasteiger partial charge in [0.2, 0.25) is 0 Å². The van der Waals surface area contributed by atoms with Gasteiger partial charge in [-0.25, -0.2) is 0 Å². The van der Waals surface area contributed by atoms with Crippen molar-refractivity contribution in [1.29, 1.82) is 0 Å². The number of halogens is 1. The second-order valence-electron chi connectivity index (χ2n) is 8.55. The molecule has 0 aromatic heterocycles. The molecule has 1 aromatic carbocycles. The highest BCUT2D eigenvalue weighted by molar-refractivity contribution is 5.13. The molecule has 0 unspecified atom stereocenters. The second-order valence-corrected chi connectivity index (χ2v) is 8.55. The summed E-state index contributed by atoms with van der Waals surface area (Å²) in [5.74, 6) is 0. The summed E-state index contributed by atoms with van der Waals surface area (Å²) in [6.45, 7) is 4.75. The number of unbranched alkanes of at least 4 members (excludes halogenated alkanes) is 12. The van der Waals surface area contributed by atoms with E-state index in [1.807, 2.05) is 0 Å². The maximum absolute atomic E-state index is 2.37. The van der Waals surface area contributed by atoms with Crippen molar-refractivity contribution < 1.29 is 9.19 Å². The minimum atomic E-state index is 0. The SMILES string of the molecule is CCCCCCCCCCCCCCC[N+](C)(C)Cc1ccccc1.[F-]. The smallest absolute Gasteiger partial charge is 0.104 e. The molecule has 1 aromatic rings. The molecular formula is C24H44FN. The van der Waals surface area contributed by atoms with Gasteiger partial charge in [0.15, 0.2) is 0 Å². The van der Waals surface area contributed by atoms with Crippen molar-refractivity contribution in [2.24, 2.45) is 0 Å². The van der Waals surface area contributed by atoms with Gasteiger partial charge >= 0.3 is 0 Å². The van der Waals surface area contributed by atoms with Crippen molar-refractivity contribution >= 4 is 0 Å². The lowest BCUT2D eigenvalue weighted by atomic mass is 10.0. The van der Waals surface area contributed by atoms with Crippen LogP contribution in [0.2, 0.25) is 0 Å². The Morgan fingerprint density at radius 3 is 1.50 bits per heavy atom. The molecule has 0 aliphatic rings. The number of hydrogen-bond acceptors (Lipinski definition) is 0. The lowest BCUT2D eigenvalue weighted by Gasteiger charge is -2.30. The van der Waals surface area contributed by atoms with Crippen LogP contribution in [-0.4, -0.2) is 25.1 Å². The third-order valence-electron chi connectivity index (χ3n) is 5.32. The first-order valence-corrected chi connectivity index (χ1v) is 11.0. The van der Waals surface area contributed by atoms with Crippen molar-refractivity contribution in [2.75, 3.05) is 20.6 Å². The van der Waals surface area contributed by atoms with Crippen molar-refractivity contribution in [3.8, 4) is 0 Å². The maximum Gasteiger partial charge on any atom is 0.104 e. The summed E-state index contributed by atoms with van der Waals surface area (Å²) < 4.78 is 1.11. The van der Waals surface area contributed by atoms with Gasteiger partial charge in [0.1, 0.15) is 6.54 Å². The predicted molar refractivity (Wildman–Crippen MR) is 113 cm³/mol. The average Bonchev–Trinajstić information content (AvgIpc) is 2.59. The fraction of sp³-hybridized carbons (Fsp3) is 0.750. The van der Waals surface area contributed by atoms with Crippen LogP contribution in [0.1, 0.15) is 96.0 Å². The van der Waals surface area contributed by atoms with Gasteiger partial charge in [-0.1, -0.05) is 108 Å². The third kappa shape index (κ3) is 14.3. The minimum Gasteiger partial charge on any atom is -1.00 e. The van der Waals surface area contributed by atoms with E-state index < -0.39 is 0 Å². The summed E-state index contributed by atoms with van der Waals surface area (Å²) in [7, 11) is 4.74. The molecular weight excluding hydrogens is 321 g/mol. The van der Waals surface area contributed by atoms with E-state index >= 15 is 0 Å². The molecule has 0 aliphatic heterocycles. The highest BCUT2D eigenvalue weighted by atomic mass is 19.0. The third-order valence-corrected chi connectivity index (χ3v) is 5.32. The Kier molecular flexibility index (Phi) is 15.7. The predicted octanol–water partition coefficient (Wildman–Crippen LogP) is 4.36. The summed E-state index contributed by atoms with van der Waals surface area (Å²) >= 11 is 0. The Morgan fingerprint density at radius 2 is 1.04 bits per heavy atom. The Bertz CT molecular complexity index is 402. The van der Waals surface area contributed by atoms with Crippen LogP contribution in [0.25, 0.3) is 0 Å². The molecule has 0 radical (unpaired) electrons. The molecule has 0 fully saturated rings. The zero-order valence-corrected chi connectivity index (χ0v) is 17.8. The van der Waals surface area contributed by atoms with Crippen LogP contribution in [0.3, 0.4) is 0 Å². The van der Waals surface area contributed by atoms with E-state index in [2.05, 4.69) is 51.4 Å². The first kappa shape index (κ1) is 25.1. The van der Waals surface area contributed by atoms with Gasteiger partial charge in [0.05, 0.1) is 20.6 Å². The van der Waals surface area contributed by atoms with Crippen LogP contribution in [-0.2, 0) is 6.54 Å². The number of quaternary nitrogens is 1. The van der Waals surface area contributed by atoms with Crippen LogP contribution >= 0.6 is 0 Å². The highest BCUT2D eigenvalue weighted by Crippen LogP contribution is 2.14. The van der Waals surface area contributed by atoms with E-state index in [0.717, 1.165) is 11.0 Å². The molecule has 0 bridgehead atoms. The largest absolute Gasteiger partial charge is 1.00 e. The van der Waals surface area contributed by atoms with Gasteiger partial charge in [0.25, 0.3) is 0 Å². The van der Waals surface area contributed by atoms with Crippen molar-refractivity contribution in [1.82, 2.24) is 0 Å². The van der Waals surface area contributed by atoms with Crippen LogP contribution in [0, 0.1) is 0 Å². The van der Waals surface area contributed by atoms with Crippen LogP contribution in [0.5, 0.6) is 0 Å². The van der Waals surface area contributed by atoms with Gasteiger partial charge in [0, 0.05) is 5.56 Å². The quantitative estimate of drug-likeness (QED) is 0.302. The minimum absolute atomic E-state index is 0. The Labute approximate surface area is 163 Å². The van der Waals surface area contributed by atoms with Gasteiger partial charge < -0.3 is 9.19 Å². The highest BCUT2D eigenvalue weighted by Gasteiger charge is 2.14. The molecule has 1 nitrogen and oxygen atoms in total. The average molecular weight is 366 g/mol. The summed E-state index contributed by atoms with van der Waals surface area (Å²) in [6.07, 6.45) is 18.7. The Morgan fingerprint density at radius 1 is 0.615 bits per heavy atom. The van der Waals surface area contributed by atoms with E-state index in [9.17, 15) is 0 Å². The maximum atomic E-state index is 2.37. The summed E-state index contributed by atoms with van der Waals surface area (Å²) in [6, 6.07) is 10.9. The molecule has 1 rings (SSSR count). The number of hydrogen-bond donors (Lipinski definition) is 0. The van der Waals surface area contributed by atoms with Gasteiger partial charge in [-0.3, -0.25) is 0 Å². The van der Waals surface area contributed by atoms with Crippen LogP contribution in [0.15, 0.2) is 30.3 Å². The Hall–Kier alpha value is -0.890. The Balaban J connectivity index is 0.00000625. The first-order chi connectivity index (χ1) is 12.1. The van der Waals surface area contributed by atoms with E-state index in [-0.39, 0.29) is 4.70 Å². The fourth-order valence-electron chi connectivity index (χ4n) is 3.71. The van der Waals surface area contributed by atoms with Crippen LogP contribution < -0.4 is 4.70 Å². The second kappa shape index (κ2) is 16.3. The molecule has 0 heterocycles. The monoisotopic (exact) mass is 365 g/mol. The molecule has 26 heavy (non-hydrogen) atoms. The molecule has 0 saturated carbocycles. The molecule has 152 valence electrons. The zero-order chi connectivity index (χ0) is 18.2. The standard InChI is InChI=1S/C24H44N.FH/c1-4-5-6-7-8-9-10-11-12-13-14-15-19-22-25(2,3)23-24-20-17-16-18-21-24;/h16-18,20-21H,4-15,19,22-23H2,1-3H3;1H/q+1;/p-1. The molecule has 0 spiro atoms. The molecule has 0 aliphatic carbocycles. The fourth-order valence-corrected chi connectivity index (χ4v) is 3.71. The van der Waals surface area contributed by atoms with Crippen molar-refractivity contribution in [3.05, 3.63) is 35.9 Å². The van der Waals surface area contributed by atoms with Crippen LogP contribution in [0.4, 0.5) is 0 Å². The number of benzene rings is 1. The van der Waals surface area contributed by atoms with Gasteiger partial charge in [-0.15, -0.1) is 0 Å². The van der Waals surface area contributed by atoms with Crippen molar-refractivity contribution in [3.63, 3.8) is 0 Å². The van der Waals surface area contributed by atoms with E-state index in [1.165, 1.54) is 95.6 Å². The lowest BCUT2D eigenvalue weighted by Crippen LogP contribution is -3.00. The first-order valence-electron chi connectivity index (χ1n) is 11.0. The van der Waals surface area contributed by atoms with Crippen molar-refractivity contribution in [2.45, 2.75) is 96.9 Å². The molecule has 0 amide bonds. The van der Waals surface area contributed by atoms with E-state index in [4.69, 9.17) is 0 Å². The number of rotatable bonds is 16. The molecule has 2 heteroatoms. The summed E-state index contributed by atoms with van der Waals surface area (Å²) in [4.78, 5) is 0. The summed E-state index contributed by atoms with van der Waals surface area (Å²) in [5, 5.41) is 0. The molecule has 0 atom stereocenters. The normalized spacial score (nSPS) is 11.3. The molecule has 0 saturated heterocycles. The topological polar surface area (TPSA) is 0 Å². The van der Waals surface area contributed by atoms with E-state index in [0.29, 0.717) is 0 Å². The van der Waals surface area contributed by atoms with Gasteiger partial charge in [-0.2, -0.15) is 0 Å². The number of nitrogens with zero attached hydrogens (tertiary/aromatic N) is 1. The molecule has 0 N–H and O–H groups in total. The van der Waals surface area contributed by atoms with Gasteiger partial charge in [-0.05, 0) is 12.8 Å². The lowest BCUT2D eigenvalue weighted by molar-refractivity contribution is -0.903.